The van der Waals surface area contributed by atoms with E-state index in [1.807, 2.05) is 18.2 Å². The molecule has 9 heteroatoms. The Kier molecular flexibility index (Phi) is 4.34. The second-order valence-corrected chi connectivity index (χ2v) is 8.02. The van der Waals surface area contributed by atoms with Crippen molar-refractivity contribution in [2.75, 3.05) is 5.32 Å². The smallest absolute Gasteiger partial charge is 0.250 e. The molecule has 3 heterocycles. The van der Waals surface area contributed by atoms with Crippen LogP contribution < -0.4 is 10.6 Å². The quantitative estimate of drug-likeness (QED) is 0.441. The molecule has 5 rings (SSSR count). The second kappa shape index (κ2) is 6.93. The van der Waals surface area contributed by atoms with Gasteiger partial charge in [-0.15, -0.1) is 0 Å². The SMILES string of the molecule is O=C1Nc2ccccc2[C@@]12N[C@H](Cc1cnc[nH]1)[C@@H]([N+](=O)[O-])[C@@H]2c1ccccc1Cl. The van der Waals surface area contributed by atoms with Crippen molar-refractivity contribution < 1.29 is 9.72 Å². The molecule has 0 radical (unpaired) electrons. The number of rotatable bonds is 4. The lowest BCUT2D eigenvalue weighted by atomic mass is 9.74. The molecule has 0 unspecified atom stereocenters. The second-order valence-electron chi connectivity index (χ2n) is 7.61. The van der Waals surface area contributed by atoms with E-state index in [9.17, 15) is 14.9 Å². The zero-order valence-corrected chi connectivity index (χ0v) is 16.5. The number of hydrogen-bond donors (Lipinski definition) is 3. The highest BCUT2D eigenvalue weighted by atomic mass is 35.5. The molecular weight excluding hydrogens is 406 g/mol. The van der Waals surface area contributed by atoms with Gasteiger partial charge in [-0.2, -0.15) is 0 Å². The van der Waals surface area contributed by atoms with Crippen LogP contribution in [0.15, 0.2) is 61.1 Å². The number of fused-ring (bicyclic) bond motifs is 2. The van der Waals surface area contributed by atoms with Gasteiger partial charge in [0, 0.05) is 39.5 Å². The fourth-order valence-electron chi connectivity index (χ4n) is 4.91. The number of nitrogens with zero attached hydrogens (tertiary/aromatic N) is 2. The number of benzene rings is 2. The highest BCUT2D eigenvalue weighted by molar-refractivity contribution is 6.31. The van der Waals surface area contributed by atoms with E-state index in [1.54, 1.807) is 36.5 Å². The van der Waals surface area contributed by atoms with Crippen LogP contribution >= 0.6 is 11.6 Å². The fraction of sp³-hybridized carbons (Fsp3) is 0.238. The predicted molar refractivity (Wildman–Crippen MR) is 111 cm³/mol. The highest BCUT2D eigenvalue weighted by Crippen LogP contribution is 2.53. The molecule has 0 bridgehead atoms. The normalized spacial score (nSPS) is 27.2. The number of halogens is 1. The van der Waals surface area contributed by atoms with Crippen molar-refractivity contribution >= 4 is 23.2 Å². The van der Waals surface area contributed by atoms with Gasteiger partial charge in [-0.25, -0.2) is 4.98 Å². The molecule has 1 fully saturated rings. The Labute approximate surface area is 176 Å². The van der Waals surface area contributed by atoms with Crippen molar-refractivity contribution in [2.45, 2.75) is 30.0 Å². The topological polar surface area (TPSA) is 113 Å². The van der Waals surface area contributed by atoms with E-state index < -0.39 is 23.5 Å². The summed E-state index contributed by atoms with van der Waals surface area (Å²) in [5.74, 6) is -1.11. The first-order valence-corrected chi connectivity index (χ1v) is 9.94. The summed E-state index contributed by atoms with van der Waals surface area (Å²) < 4.78 is 0. The van der Waals surface area contributed by atoms with Crippen LogP contribution in [-0.4, -0.2) is 32.9 Å². The predicted octanol–water partition coefficient (Wildman–Crippen LogP) is 2.85. The molecule has 30 heavy (non-hydrogen) atoms. The van der Waals surface area contributed by atoms with E-state index in [0.717, 1.165) is 5.69 Å². The number of carbonyl (C=O) groups is 1. The Morgan fingerprint density at radius 2 is 1.93 bits per heavy atom. The van der Waals surface area contributed by atoms with E-state index in [2.05, 4.69) is 20.6 Å². The molecule has 1 saturated heterocycles. The van der Waals surface area contributed by atoms with Gasteiger partial charge in [-0.3, -0.25) is 20.2 Å². The van der Waals surface area contributed by atoms with Gasteiger partial charge in [0.1, 0.15) is 5.54 Å². The first-order chi connectivity index (χ1) is 14.5. The van der Waals surface area contributed by atoms with Crippen LogP contribution in [0, 0.1) is 10.1 Å². The van der Waals surface area contributed by atoms with Gasteiger partial charge in [0.15, 0.2) is 0 Å². The summed E-state index contributed by atoms with van der Waals surface area (Å²) in [4.78, 5) is 32.5. The number of nitrogens with one attached hydrogen (secondary N) is 3. The lowest BCUT2D eigenvalue weighted by molar-refractivity contribution is -0.526. The average Bonchev–Trinajstić information content (AvgIpc) is 3.42. The number of anilines is 1. The summed E-state index contributed by atoms with van der Waals surface area (Å²) in [6.07, 6.45) is 3.49. The number of aromatic nitrogens is 2. The Morgan fingerprint density at radius 1 is 1.17 bits per heavy atom. The van der Waals surface area contributed by atoms with Gasteiger partial charge in [-0.05, 0) is 17.7 Å². The van der Waals surface area contributed by atoms with E-state index in [0.29, 0.717) is 28.3 Å². The Bertz CT molecular complexity index is 1140. The Morgan fingerprint density at radius 3 is 2.67 bits per heavy atom. The molecule has 4 atom stereocenters. The van der Waals surface area contributed by atoms with E-state index in [4.69, 9.17) is 11.6 Å². The summed E-state index contributed by atoms with van der Waals surface area (Å²) in [5, 5.41) is 19.0. The molecule has 2 aromatic carbocycles. The average molecular weight is 424 g/mol. The summed E-state index contributed by atoms with van der Waals surface area (Å²) in [6.45, 7) is 0. The van der Waals surface area contributed by atoms with Crippen LogP contribution in [0.25, 0.3) is 0 Å². The molecule has 8 nitrogen and oxygen atoms in total. The van der Waals surface area contributed by atoms with Gasteiger partial charge in [0.2, 0.25) is 11.9 Å². The van der Waals surface area contributed by atoms with Crippen LogP contribution in [0.5, 0.6) is 0 Å². The molecule has 2 aliphatic heterocycles. The van der Waals surface area contributed by atoms with Crippen LogP contribution in [0.1, 0.15) is 22.7 Å². The maximum Gasteiger partial charge on any atom is 0.250 e. The van der Waals surface area contributed by atoms with Gasteiger partial charge >= 0.3 is 0 Å². The van der Waals surface area contributed by atoms with E-state index in [-0.39, 0.29) is 10.8 Å². The minimum atomic E-state index is -1.30. The first kappa shape index (κ1) is 18.8. The minimum Gasteiger partial charge on any atom is -0.348 e. The zero-order chi connectivity index (χ0) is 20.9. The van der Waals surface area contributed by atoms with Crippen molar-refractivity contribution in [3.05, 3.63) is 93.0 Å². The van der Waals surface area contributed by atoms with Crippen LogP contribution in [0.4, 0.5) is 5.69 Å². The van der Waals surface area contributed by atoms with Gasteiger partial charge in [0.05, 0.1) is 18.3 Å². The van der Waals surface area contributed by atoms with Gasteiger partial charge < -0.3 is 10.3 Å². The number of nitro groups is 1. The molecule has 3 N–H and O–H groups in total. The van der Waals surface area contributed by atoms with Gasteiger partial charge in [0.25, 0.3) is 0 Å². The third-order valence-corrected chi connectivity index (χ3v) is 6.41. The Hall–Kier alpha value is -3.23. The molecule has 152 valence electrons. The van der Waals surface area contributed by atoms with Crippen molar-refractivity contribution in [2.24, 2.45) is 0 Å². The number of amides is 1. The number of imidazole rings is 1. The highest BCUT2D eigenvalue weighted by Gasteiger charge is 2.66. The number of aromatic amines is 1. The molecule has 2 aliphatic rings. The number of para-hydroxylation sites is 1. The summed E-state index contributed by atoms with van der Waals surface area (Å²) >= 11 is 6.50. The lowest BCUT2D eigenvalue weighted by Gasteiger charge is -2.30. The van der Waals surface area contributed by atoms with Crippen LogP contribution in [0.3, 0.4) is 0 Å². The molecule has 0 saturated carbocycles. The van der Waals surface area contributed by atoms with Gasteiger partial charge in [-0.1, -0.05) is 48.0 Å². The fourth-order valence-corrected chi connectivity index (χ4v) is 5.16. The monoisotopic (exact) mass is 423 g/mol. The minimum absolute atomic E-state index is 0.301. The molecule has 1 spiro atoms. The summed E-state index contributed by atoms with van der Waals surface area (Å²) in [5.41, 5.74) is 1.37. The third kappa shape index (κ3) is 2.64. The maximum absolute atomic E-state index is 13.4. The van der Waals surface area contributed by atoms with Crippen molar-refractivity contribution in [1.82, 2.24) is 15.3 Å². The molecular formula is C21H18ClN5O3. The molecule has 0 aliphatic carbocycles. The van der Waals surface area contributed by atoms with E-state index in [1.165, 1.54) is 6.33 Å². The summed E-state index contributed by atoms with van der Waals surface area (Å²) in [7, 11) is 0. The van der Waals surface area contributed by atoms with Crippen molar-refractivity contribution in [3.63, 3.8) is 0 Å². The number of carbonyl (C=O) groups excluding carboxylic acids is 1. The van der Waals surface area contributed by atoms with Crippen LogP contribution in [-0.2, 0) is 16.8 Å². The van der Waals surface area contributed by atoms with Crippen molar-refractivity contribution in [1.29, 1.82) is 0 Å². The largest absolute Gasteiger partial charge is 0.348 e. The van der Waals surface area contributed by atoms with E-state index >= 15 is 0 Å². The molecule has 3 aromatic rings. The molecule has 1 amide bonds. The zero-order valence-electron chi connectivity index (χ0n) is 15.7. The standard InChI is InChI=1S/C21H18ClN5O3/c22-15-7-3-1-5-13(15)18-19(27(29)30)17(9-12-10-23-11-24-12)26-21(18)14-6-2-4-8-16(14)25-20(21)28/h1-8,10-11,17-19,26H,9H2,(H,23,24)(H,25,28)/t17-,18+,19-,21+/m1/s1. The first-order valence-electron chi connectivity index (χ1n) is 9.56. The lowest BCUT2D eigenvalue weighted by Crippen LogP contribution is -2.49. The number of hydrogen-bond acceptors (Lipinski definition) is 5. The summed E-state index contributed by atoms with van der Waals surface area (Å²) in [6, 6.07) is 12.6. The number of H-pyrrole nitrogens is 1. The maximum atomic E-state index is 13.4. The van der Waals surface area contributed by atoms with Crippen molar-refractivity contribution in [3.8, 4) is 0 Å². The Balaban J connectivity index is 1.73. The molecule has 1 aromatic heterocycles. The van der Waals surface area contributed by atoms with Crippen LogP contribution in [0.2, 0.25) is 5.02 Å². The third-order valence-electron chi connectivity index (χ3n) is 6.07.